The van der Waals surface area contributed by atoms with Gasteiger partial charge in [-0.3, -0.25) is 9.59 Å². The number of hydrogen-bond donors (Lipinski definition) is 2. The summed E-state index contributed by atoms with van der Waals surface area (Å²) in [5, 5.41) is 2.84. The molecule has 0 radical (unpaired) electrons. The molecule has 2 amide bonds. The minimum Gasteiger partial charge on any atom is -0.355 e. The van der Waals surface area contributed by atoms with E-state index in [0.717, 1.165) is 19.4 Å². The lowest BCUT2D eigenvalue weighted by Gasteiger charge is -2.32. The van der Waals surface area contributed by atoms with Crippen LogP contribution in [-0.4, -0.2) is 54.4 Å². The molecule has 3 N–H and O–H groups in total. The Morgan fingerprint density at radius 2 is 1.88 bits per heavy atom. The van der Waals surface area contributed by atoms with E-state index < -0.39 is 0 Å². The molecule has 0 aliphatic carbocycles. The minimum atomic E-state index is -0.131. The Kier molecular flexibility index (Phi) is 7.28. The van der Waals surface area contributed by atoms with Crippen LogP contribution in [-0.2, 0) is 4.79 Å². The Balaban J connectivity index is 1.60. The Labute approximate surface area is 163 Å². The van der Waals surface area contributed by atoms with E-state index in [1.54, 1.807) is 0 Å². The predicted octanol–water partition coefficient (Wildman–Crippen LogP) is 2.48. The molecular formula is C19H27N3O2S2. The van der Waals surface area contributed by atoms with Crippen LogP contribution >= 0.6 is 23.5 Å². The maximum Gasteiger partial charge on any atom is 0.253 e. The first-order valence-electron chi connectivity index (χ1n) is 9.29. The SMILES string of the molecule is NCCNC(=O)C1CCCN(C(=O)c2ccc(C3SCCCS3)cc2)C1. The summed E-state index contributed by atoms with van der Waals surface area (Å²) in [5.74, 6) is 2.32. The molecule has 2 aliphatic heterocycles. The standard InChI is InChI=1S/C19H27N3O2S2/c20-8-9-21-17(23)16-3-1-10-22(13-16)18(24)14-4-6-15(7-5-14)19-25-11-2-12-26-19/h4-7,16,19H,1-3,8-13,20H2,(H,21,23). The molecule has 2 saturated heterocycles. The fourth-order valence-electron chi connectivity index (χ4n) is 3.36. The quantitative estimate of drug-likeness (QED) is 0.804. The van der Waals surface area contributed by atoms with Crippen molar-refractivity contribution in [3.05, 3.63) is 35.4 Å². The van der Waals surface area contributed by atoms with Crippen LogP contribution in [0.25, 0.3) is 0 Å². The lowest BCUT2D eigenvalue weighted by molar-refractivity contribution is -0.126. The van der Waals surface area contributed by atoms with Crippen LogP contribution in [0.2, 0.25) is 0 Å². The summed E-state index contributed by atoms with van der Waals surface area (Å²) >= 11 is 3.97. The Hall–Kier alpha value is -1.18. The van der Waals surface area contributed by atoms with Gasteiger partial charge in [0.25, 0.3) is 5.91 Å². The van der Waals surface area contributed by atoms with Crippen molar-refractivity contribution in [3.63, 3.8) is 0 Å². The lowest BCUT2D eigenvalue weighted by atomic mass is 9.96. The van der Waals surface area contributed by atoms with Crippen LogP contribution in [0.4, 0.5) is 0 Å². The van der Waals surface area contributed by atoms with Crippen molar-refractivity contribution >= 4 is 35.3 Å². The number of carbonyl (C=O) groups excluding carboxylic acids is 2. The van der Waals surface area contributed by atoms with E-state index in [9.17, 15) is 9.59 Å². The molecule has 0 saturated carbocycles. The minimum absolute atomic E-state index is 0.00893. The molecular weight excluding hydrogens is 366 g/mol. The summed E-state index contributed by atoms with van der Waals surface area (Å²) in [6, 6.07) is 8.04. The Morgan fingerprint density at radius 1 is 1.15 bits per heavy atom. The topological polar surface area (TPSA) is 75.4 Å². The number of carbonyl (C=O) groups is 2. The smallest absolute Gasteiger partial charge is 0.253 e. The van der Waals surface area contributed by atoms with E-state index in [2.05, 4.69) is 17.4 Å². The van der Waals surface area contributed by atoms with Gasteiger partial charge in [-0.15, -0.1) is 23.5 Å². The zero-order valence-electron chi connectivity index (χ0n) is 15.0. The van der Waals surface area contributed by atoms with Crippen molar-refractivity contribution in [1.29, 1.82) is 0 Å². The number of hydrogen-bond acceptors (Lipinski definition) is 5. The second-order valence-corrected chi connectivity index (χ2v) is 9.44. The first kappa shape index (κ1) is 19.6. The Bertz CT molecular complexity index is 618. The molecule has 0 aromatic heterocycles. The van der Waals surface area contributed by atoms with Gasteiger partial charge in [-0.05, 0) is 48.5 Å². The molecule has 2 fully saturated rings. The molecule has 1 aromatic rings. The molecule has 26 heavy (non-hydrogen) atoms. The summed E-state index contributed by atoms with van der Waals surface area (Å²) in [7, 11) is 0. The number of benzene rings is 1. The number of likely N-dealkylation sites (tertiary alicyclic amines) is 1. The van der Waals surface area contributed by atoms with Gasteiger partial charge in [0, 0.05) is 31.7 Å². The predicted molar refractivity (Wildman–Crippen MR) is 109 cm³/mol. The van der Waals surface area contributed by atoms with Crippen LogP contribution in [0.1, 0.15) is 39.8 Å². The molecule has 1 aromatic carbocycles. The third kappa shape index (κ3) is 4.96. The van der Waals surface area contributed by atoms with E-state index in [-0.39, 0.29) is 17.7 Å². The summed E-state index contributed by atoms with van der Waals surface area (Å²) in [6.07, 6.45) is 2.96. The van der Waals surface area contributed by atoms with Crippen molar-refractivity contribution in [1.82, 2.24) is 10.2 Å². The lowest BCUT2D eigenvalue weighted by Crippen LogP contribution is -2.46. The average Bonchev–Trinajstić information content (AvgIpc) is 2.72. The van der Waals surface area contributed by atoms with Crippen molar-refractivity contribution in [2.45, 2.75) is 23.8 Å². The number of nitrogens with one attached hydrogen (secondary N) is 1. The highest BCUT2D eigenvalue weighted by molar-refractivity contribution is 8.16. The molecule has 3 rings (SSSR count). The highest BCUT2D eigenvalue weighted by atomic mass is 32.2. The van der Waals surface area contributed by atoms with E-state index >= 15 is 0 Å². The second-order valence-electron chi connectivity index (χ2n) is 6.72. The third-order valence-electron chi connectivity index (χ3n) is 4.78. The molecule has 142 valence electrons. The first-order valence-corrected chi connectivity index (χ1v) is 11.4. The van der Waals surface area contributed by atoms with Crippen molar-refractivity contribution in [2.75, 3.05) is 37.7 Å². The first-order chi connectivity index (χ1) is 12.7. The fourth-order valence-corrected chi connectivity index (χ4v) is 6.26. The highest BCUT2D eigenvalue weighted by Crippen LogP contribution is 2.43. The maximum atomic E-state index is 12.8. The summed E-state index contributed by atoms with van der Waals surface area (Å²) < 4.78 is 0.485. The molecule has 0 bridgehead atoms. The number of rotatable bonds is 5. The third-order valence-corrected chi connectivity index (χ3v) is 7.79. The van der Waals surface area contributed by atoms with Crippen molar-refractivity contribution in [3.8, 4) is 0 Å². The molecule has 2 aliphatic rings. The zero-order chi connectivity index (χ0) is 18.4. The van der Waals surface area contributed by atoms with Crippen molar-refractivity contribution < 1.29 is 9.59 Å². The number of nitrogens with zero attached hydrogens (tertiary/aromatic N) is 1. The van der Waals surface area contributed by atoms with Gasteiger partial charge < -0.3 is 16.0 Å². The number of piperidine rings is 1. The number of amides is 2. The van der Waals surface area contributed by atoms with Gasteiger partial charge in [0.1, 0.15) is 0 Å². The summed E-state index contributed by atoms with van der Waals surface area (Å²) in [5.41, 5.74) is 7.44. The van der Waals surface area contributed by atoms with E-state index in [0.29, 0.717) is 29.8 Å². The van der Waals surface area contributed by atoms with E-state index in [1.165, 1.54) is 23.5 Å². The largest absolute Gasteiger partial charge is 0.355 e. The molecule has 7 heteroatoms. The van der Waals surface area contributed by atoms with Crippen LogP contribution in [0, 0.1) is 5.92 Å². The highest BCUT2D eigenvalue weighted by Gasteiger charge is 2.28. The average molecular weight is 394 g/mol. The monoisotopic (exact) mass is 393 g/mol. The van der Waals surface area contributed by atoms with Gasteiger partial charge in [0.2, 0.25) is 5.91 Å². The van der Waals surface area contributed by atoms with Gasteiger partial charge in [-0.2, -0.15) is 0 Å². The van der Waals surface area contributed by atoms with Crippen molar-refractivity contribution in [2.24, 2.45) is 11.7 Å². The van der Waals surface area contributed by atoms with Gasteiger partial charge in [-0.1, -0.05) is 12.1 Å². The maximum absolute atomic E-state index is 12.8. The zero-order valence-corrected chi connectivity index (χ0v) is 16.6. The van der Waals surface area contributed by atoms with Gasteiger partial charge in [-0.25, -0.2) is 0 Å². The van der Waals surface area contributed by atoms with E-state index in [1.807, 2.05) is 40.6 Å². The van der Waals surface area contributed by atoms with Crippen LogP contribution in [0.15, 0.2) is 24.3 Å². The van der Waals surface area contributed by atoms with Crippen LogP contribution in [0.5, 0.6) is 0 Å². The van der Waals surface area contributed by atoms with Crippen LogP contribution in [0.3, 0.4) is 0 Å². The molecule has 2 heterocycles. The summed E-state index contributed by atoms with van der Waals surface area (Å²) in [4.78, 5) is 26.8. The normalized spacial score (nSPS) is 21.4. The van der Waals surface area contributed by atoms with E-state index in [4.69, 9.17) is 5.73 Å². The summed E-state index contributed by atoms with van der Waals surface area (Å²) in [6.45, 7) is 2.13. The van der Waals surface area contributed by atoms with Gasteiger partial charge in [0.15, 0.2) is 0 Å². The second kappa shape index (κ2) is 9.67. The van der Waals surface area contributed by atoms with Gasteiger partial charge >= 0.3 is 0 Å². The fraction of sp³-hybridized carbons (Fsp3) is 0.579. The number of nitrogens with two attached hydrogens (primary N) is 1. The number of thioether (sulfide) groups is 2. The molecule has 1 atom stereocenters. The van der Waals surface area contributed by atoms with Gasteiger partial charge in [0.05, 0.1) is 10.5 Å². The molecule has 0 spiro atoms. The van der Waals surface area contributed by atoms with Crippen LogP contribution < -0.4 is 11.1 Å². The molecule has 1 unspecified atom stereocenters. The Morgan fingerprint density at radius 3 is 2.58 bits per heavy atom. The molecule has 5 nitrogen and oxygen atoms in total.